The van der Waals surface area contributed by atoms with Crippen LogP contribution in [0.25, 0.3) is 0 Å². The Morgan fingerprint density at radius 1 is 0.760 bits per heavy atom. The van der Waals surface area contributed by atoms with E-state index < -0.39 is 20.0 Å². The molecule has 0 aliphatic rings. The van der Waals surface area contributed by atoms with E-state index in [2.05, 4.69) is 9.44 Å². The fraction of sp³-hybridized carbons (Fsp3) is 0.294. The highest BCUT2D eigenvalue weighted by molar-refractivity contribution is 7.92. The van der Waals surface area contributed by atoms with Crippen molar-refractivity contribution in [1.82, 2.24) is 4.72 Å². The average Bonchev–Trinajstić information content (AvgIpc) is 2.48. The maximum absolute atomic E-state index is 12.5. The van der Waals surface area contributed by atoms with Crippen LogP contribution in [0, 0.1) is 13.8 Å². The van der Waals surface area contributed by atoms with Crippen molar-refractivity contribution >= 4 is 25.7 Å². The van der Waals surface area contributed by atoms with Crippen LogP contribution in [0.3, 0.4) is 0 Å². The summed E-state index contributed by atoms with van der Waals surface area (Å²) in [5, 5.41) is 0. The fourth-order valence-corrected chi connectivity index (χ4v) is 4.57. The van der Waals surface area contributed by atoms with E-state index in [9.17, 15) is 16.8 Å². The van der Waals surface area contributed by atoms with E-state index in [4.69, 9.17) is 0 Å². The second kappa shape index (κ2) is 7.15. The number of sulfonamides is 2. The van der Waals surface area contributed by atoms with Gasteiger partial charge in [-0.25, -0.2) is 21.6 Å². The average molecular weight is 383 g/mol. The molecule has 0 amide bonds. The van der Waals surface area contributed by atoms with Gasteiger partial charge in [-0.15, -0.1) is 0 Å². The van der Waals surface area contributed by atoms with Gasteiger partial charge in [0.15, 0.2) is 0 Å². The standard InChI is InChI=1S/C17H22N2O4S2/c1-12(2)18-24(20,21)16-9-6-15(7-10-16)19-25(22,23)17-8-5-13(3)14(4)11-17/h5-12,18-19H,1-4H3. The van der Waals surface area contributed by atoms with Gasteiger partial charge >= 0.3 is 0 Å². The van der Waals surface area contributed by atoms with Crippen LogP contribution < -0.4 is 9.44 Å². The molecule has 2 rings (SSSR count). The number of rotatable bonds is 6. The topological polar surface area (TPSA) is 92.3 Å². The monoisotopic (exact) mass is 382 g/mol. The summed E-state index contributed by atoms with van der Waals surface area (Å²) >= 11 is 0. The van der Waals surface area contributed by atoms with Gasteiger partial charge in [0.25, 0.3) is 10.0 Å². The lowest BCUT2D eigenvalue weighted by atomic mass is 10.1. The van der Waals surface area contributed by atoms with Crippen LogP contribution in [0.5, 0.6) is 0 Å². The summed E-state index contributed by atoms with van der Waals surface area (Å²) in [5.41, 5.74) is 2.18. The molecule has 0 aliphatic heterocycles. The van der Waals surface area contributed by atoms with Gasteiger partial charge in [-0.05, 0) is 75.2 Å². The zero-order chi connectivity index (χ0) is 18.8. The van der Waals surface area contributed by atoms with Gasteiger partial charge < -0.3 is 0 Å². The summed E-state index contributed by atoms with van der Waals surface area (Å²) in [4.78, 5) is 0.240. The van der Waals surface area contributed by atoms with Crippen LogP contribution in [-0.2, 0) is 20.0 Å². The van der Waals surface area contributed by atoms with Gasteiger partial charge in [-0.1, -0.05) is 6.07 Å². The number of hydrogen-bond donors (Lipinski definition) is 2. The molecule has 8 heteroatoms. The van der Waals surface area contributed by atoms with Crippen LogP contribution in [0.4, 0.5) is 5.69 Å². The first-order chi connectivity index (χ1) is 11.5. The molecule has 0 unspecified atom stereocenters. The van der Waals surface area contributed by atoms with Crippen molar-refractivity contribution in [2.75, 3.05) is 4.72 Å². The second-order valence-electron chi connectivity index (χ2n) is 6.15. The highest BCUT2D eigenvalue weighted by Gasteiger charge is 2.17. The first kappa shape index (κ1) is 19.4. The van der Waals surface area contributed by atoms with Gasteiger partial charge in [0.2, 0.25) is 10.0 Å². The maximum atomic E-state index is 12.5. The largest absolute Gasteiger partial charge is 0.280 e. The molecule has 136 valence electrons. The molecule has 0 fully saturated rings. The Morgan fingerprint density at radius 2 is 1.32 bits per heavy atom. The minimum Gasteiger partial charge on any atom is -0.280 e. The van der Waals surface area contributed by atoms with E-state index in [0.717, 1.165) is 11.1 Å². The summed E-state index contributed by atoms with van der Waals surface area (Å²) in [6.45, 7) is 7.20. The molecule has 0 spiro atoms. The summed E-state index contributed by atoms with van der Waals surface area (Å²) in [6, 6.07) is 10.2. The number of benzene rings is 2. The number of hydrogen-bond acceptors (Lipinski definition) is 4. The van der Waals surface area contributed by atoms with Crippen LogP contribution in [0.2, 0.25) is 0 Å². The van der Waals surface area contributed by atoms with Gasteiger partial charge in [-0.3, -0.25) is 4.72 Å². The lowest BCUT2D eigenvalue weighted by Gasteiger charge is -2.12. The third kappa shape index (κ3) is 4.81. The Kier molecular flexibility index (Phi) is 5.55. The van der Waals surface area contributed by atoms with E-state index in [0.29, 0.717) is 5.69 Å². The van der Waals surface area contributed by atoms with Crippen molar-refractivity contribution in [1.29, 1.82) is 0 Å². The van der Waals surface area contributed by atoms with E-state index in [1.165, 1.54) is 30.3 Å². The highest BCUT2D eigenvalue weighted by Crippen LogP contribution is 2.20. The van der Waals surface area contributed by atoms with Gasteiger partial charge in [0.1, 0.15) is 0 Å². The minimum atomic E-state index is -3.73. The van der Waals surface area contributed by atoms with Crippen molar-refractivity contribution in [2.45, 2.75) is 43.5 Å². The summed E-state index contributed by atoms with van der Waals surface area (Å²) in [7, 11) is -7.34. The smallest absolute Gasteiger partial charge is 0.261 e. The van der Waals surface area contributed by atoms with E-state index in [1.807, 2.05) is 13.8 Å². The Morgan fingerprint density at radius 3 is 1.84 bits per heavy atom. The molecule has 6 nitrogen and oxygen atoms in total. The van der Waals surface area contributed by atoms with Gasteiger partial charge in [0.05, 0.1) is 9.79 Å². The fourth-order valence-electron chi connectivity index (χ4n) is 2.18. The second-order valence-corrected chi connectivity index (χ2v) is 9.55. The molecule has 0 saturated carbocycles. The zero-order valence-corrected chi connectivity index (χ0v) is 16.2. The molecule has 0 saturated heterocycles. The third-order valence-electron chi connectivity index (χ3n) is 3.60. The quantitative estimate of drug-likeness (QED) is 0.803. The number of anilines is 1. The van der Waals surface area contributed by atoms with Crippen LogP contribution in [0.1, 0.15) is 25.0 Å². The van der Waals surface area contributed by atoms with Crippen molar-refractivity contribution in [2.24, 2.45) is 0 Å². The van der Waals surface area contributed by atoms with Crippen LogP contribution in [-0.4, -0.2) is 22.9 Å². The molecular weight excluding hydrogens is 360 g/mol. The Hall–Kier alpha value is -1.90. The summed E-state index contributed by atoms with van der Waals surface area (Å²) < 4.78 is 54.0. The molecule has 2 aromatic rings. The van der Waals surface area contributed by atoms with Crippen molar-refractivity contribution in [3.8, 4) is 0 Å². The lowest BCUT2D eigenvalue weighted by molar-refractivity contribution is 0.570. The molecule has 25 heavy (non-hydrogen) atoms. The summed E-state index contributed by atoms with van der Waals surface area (Å²) in [6.07, 6.45) is 0. The van der Waals surface area contributed by atoms with Gasteiger partial charge in [-0.2, -0.15) is 0 Å². The predicted molar refractivity (Wildman–Crippen MR) is 98.6 cm³/mol. The Labute approximate surface area is 149 Å². The van der Waals surface area contributed by atoms with E-state index in [-0.39, 0.29) is 15.8 Å². The zero-order valence-electron chi connectivity index (χ0n) is 14.6. The van der Waals surface area contributed by atoms with Crippen molar-refractivity contribution < 1.29 is 16.8 Å². The van der Waals surface area contributed by atoms with E-state index in [1.54, 1.807) is 26.0 Å². The molecule has 0 radical (unpaired) electrons. The molecule has 0 bridgehead atoms. The molecule has 2 N–H and O–H groups in total. The normalized spacial score (nSPS) is 12.4. The maximum Gasteiger partial charge on any atom is 0.261 e. The van der Waals surface area contributed by atoms with Crippen molar-refractivity contribution in [3.05, 3.63) is 53.6 Å². The molecule has 2 aromatic carbocycles. The predicted octanol–water partition coefficient (Wildman–Crippen LogP) is 2.79. The number of aryl methyl sites for hydroxylation is 2. The minimum absolute atomic E-state index is 0.0790. The summed E-state index contributed by atoms with van der Waals surface area (Å²) in [5.74, 6) is 0. The Balaban J connectivity index is 2.24. The third-order valence-corrected chi connectivity index (χ3v) is 6.65. The molecule has 0 heterocycles. The van der Waals surface area contributed by atoms with Crippen LogP contribution >= 0.6 is 0 Å². The molecule has 0 atom stereocenters. The number of nitrogens with one attached hydrogen (secondary N) is 2. The van der Waals surface area contributed by atoms with Crippen molar-refractivity contribution in [3.63, 3.8) is 0 Å². The van der Waals surface area contributed by atoms with Gasteiger partial charge in [0, 0.05) is 11.7 Å². The lowest BCUT2D eigenvalue weighted by Crippen LogP contribution is -2.30. The SMILES string of the molecule is Cc1ccc(S(=O)(=O)Nc2ccc(S(=O)(=O)NC(C)C)cc2)cc1C. The highest BCUT2D eigenvalue weighted by atomic mass is 32.2. The molecule has 0 aliphatic carbocycles. The Bertz CT molecular complexity index is 964. The van der Waals surface area contributed by atoms with Crippen LogP contribution in [0.15, 0.2) is 52.3 Å². The molecule has 0 aromatic heterocycles. The first-order valence-corrected chi connectivity index (χ1v) is 10.7. The van der Waals surface area contributed by atoms with E-state index >= 15 is 0 Å². The first-order valence-electron chi connectivity index (χ1n) is 7.74. The molecular formula is C17H22N2O4S2.